The number of benzene rings is 1. The van der Waals surface area contributed by atoms with E-state index in [1.807, 2.05) is 31.2 Å². The smallest absolute Gasteiger partial charge is 0.255 e. The van der Waals surface area contributed by atoms with Crippen LogP contribution in [0.15, 0.2) is 29.1 Å². The molecule has 1 aliphatic rings. The van der Waals surface area contributed by atoms with E-state index in [0.717, 1.165) is 37.6 Å². The van der Waals surface area contributed by atoms with E-state index in [1.54, 1.807) is 6.92 Å². The van der Waals surface area contributed by atoms with Crippen LogP contribution in [-0.4, -0.2) is 36.1 Å². The van der Waals surface area contributed by atoms with Crippen molar-refractivity contribution in [1.29, 1.82) is 0 Å². The van der Waals surface area contributed by atoms with Crippen LogP contribution >= 0.6 is 0 Å². The van der Waals surface area contributed by atoms with Crippen molar-refractivity contribution in [3.05, 3.63) is 45.9 Å². The molecule has 0 saturated carbocycles. The first kappa shape index (κ1) is 14.4. The summed E-state index contributed by atoms with van der Waals surface area (Å²) in [6, 6.07) is 7.93. The molecule has 1 aromatic heterocycles. The number of hydrogen-bond acceptors (Lipinski definition) is 5. The van der Waals surface area contributed by atoms with Gasteiger partial charge in [-0.3, -0.25) is 9.78 Å². The van der Waals surface area contributed by atoms with Crippen LogP contribution in [0.5, 0.6) is 0 Å². The van der Waals surface area contributed by atoms with Gasteiger partial charge in [0, 0.05) is 48.8 Å². The first-order valence-electron chi connectivity index (χ1n) is 7.47. The van der Waals surface area contributed by atoms with Gasteiger partial charge >= 0.3 is 0 Å². The van der Waals surface area contributed by atoms with Crippen LogP contribution in [0, 0.1) is 13.8 Å². The normalized spacial score (nSPS) is 15.2. The lowest BCUT2D eigenvalue weighted by atomic mass is 10.2. The molecule has 6 nitrogen and oxygen atoms in total. The van der Waals surface area contributed by atoms with Gasteiger partial charge < -0.3 is 15.5 Å². The van der Waals surface area contributed by atoms with E-state index >= 15 is 0 Å². The summed E-state index contributed by atoms with van der Waals surface area (Å²) < 4.78 is 0. The number of H-pyrrole nitrogens is 1. The zero-order chi connectivity index (χ0) is 15.7. The van der Waals surface area contributed by atoms with Gasteiger partial charge in [-0.25, -0.2) is 4.98 Å². The fourth-order valence-electron chi connectivity index (χ4n) is 2.64. The summed E-state index contributed by atoms with van der Waals surface area (Å²) in [6.45, 7) is 7.11. The molecule has 0 spiro atoms. The lowest BCUT2D eigenvalue weighted by Gasteiger charge is -2.36. The fraction of sp³-hybridized carbons (Fsp3) is 0.375. The van der Waals surface area contributed by atoms with E-state index in [-0.39, 0.29) is 5.56 Å². The molecular formula is C16H21N5O. The third-order valence-electron chi connectivity index (χ3n) is 4.22. The molecular weight excluding hydrogens is 278 g/mol. The summed E-state index contributed by atoms with van der Waals surface area (Å²) in [5.41, 5.74) is 9.10. The average molecular weight is 299 g/mol. The Morgan fingerprint density at radius 3 is 2.23 bits per heavy atom. The summed E-state index contributed by atoms with van der Waals surface area (Å²) in [4.78, 5) is 23.7. The Morgan fingerprint density at radius 2 is 1.64 bits per heavy atom. The molecule has 1 fully saturated rings. The Balaban J connectivity index is 1.71. The van der Waals surface area contributed by atoms with Gasteiger partial charge in [0.05, 0.1) is 0 Å². The van der Waals surface area contributed by atoms with E-state index in [1.165, 1.54) is 5.69 Å². The Kier molecular flexibility index (Phi) is 3.75. The van der Waals surface area contributed by atoms with Crippen molar-refractivity contribution in [2.24, 2.45) is 0 Å². The highest BCUT2D eigenvalue weighted by Crippen LogP contribution is 2.19. The number of aryl methyl sites for hydroxylation is 1. The molecule has 2 aromatic rings. The van der Waals surface area contributed by atoms with Crippen LogP contribution in [0.2, 0.25) is 0 Å². The third-order valence-corrected chi connectivity index (χ3v) is 4.22. The number of nitrogens with two attached hydrogens (primary N) is 1. The summed E-state index contributed by atoms with van der Waals surface area (Å²) in [7, 11) is 0. The van der Waals surface area contributed by atoms with E-state index in [2.05, 4.69) is 19.8 Å². The van der Waals surface area contributed by atoms with Crippen molar-refractivity contribution in [3.8, 4) is 0 Å². The Hall–Kier alpha value is -2.50. The fourth-order valence-corrected chi connectivity index (χ4v) is 2.64. The van der Waals surface area contributed by atoms with E-state index in [4.69, 9.17) is 5.73 Å². The number of anilines is 3. The standard InChI is InChI=1S/C16H21N5O/c1-11-12(2)18-16(19-15(11)22)21-9-7-20(8-10-21)14-5-3-13(17)4-6-14/h3-6H,7-10,17H2,1-2H3,(H,18,19,22). The SMILES string of the molecule is Cc1nc(N2CCN(c3ccc(N)cc3)CC2)[nH]c(=O)c1C. The number of hydrogen-bond donors (Lipinski definition) is 2. The second kappa shape index (κ2) is 5.71. The molecule has 1 aliphatic heterocycles. The van der Waals surface area contributed by atoms with Gasteiger partial charge in [0.2, 0.25) is 5.95 Å². The molecule has 0 unspecified atom stereocenters. The molecule has 22 heavy (non-hydrogen) atoms. The maximum absolute atomic E-state index is 11.9. The van der Waals surface area contributed by atoms with Crippen LogP contribution in [0.3, 0.4) is 0 Å². The van der Waals surface area contributed by atoms with Gasteiger partial charge in [-0.2, -0.15) is 0 Å². The first-order chi connectivity index (χ1) is 10.5. The van der Waals surface area contributed by atoms with Crippen molar-refractivity contribution in [2.75, 3.05) is 41.7 Å². The van der Waals surface area contributed by atoms with Crippen molar-refractivity contribution in [1.82, 2.24) is 9.97 Å². The molecule has 0 atom stereocenters. The molecule has 116 valence electrons. The summed E-state index contributed by atoms with van der Waals surface area (Å²) >= 11 is 0. The van der Waals surface area contributed by atoms with E-state index < -0.39 is 0 Å². The molecule has 1 saturated heterocycles. The number of nitrogens with one attached hydrogen (secondary N) is 1. The number of aromatic nitrogens is 2. The molecule has 3 rings (SSSR count). The van der Waals surface area contributed by atoms with Crippen LogP contribution < -0.4 is 21.1 Å². The minimum atomic E-state index is -0.0523. The van der Waals surface area contributed by atoms with Gasteiger partial charge in [0.15, 0.2) is 0 Å². The van der Waals surface area contributed by atoms with Gasteiger partial charge in [0.1, 0.15) is 0 Å². The average Bonchev–Trinajstić information content (AvgIpc) is 2.53. The Labute approximate surface area is 129 Å². The molecule has 0 amide bonds. The molecule has 0 radical (unpaired) electrons. The van der Waals surface area contributed by atoms with Gasteiger partial charge in [-0.1, -0.05) is 0 Å². The van der Waals surface area contributed by atoms with Crippen molar-refractivity contribution >= 4 is 17.3 Å². The Bertz CT molecular complexity index is 714. The van der Waals surface area contributed by atoms with Crippen molar-refractivity contribution in [2.45, 2.75) is 13.8 Å². The van der Waals surface area contributed by atoms with Gasteiger partial charge in [0.25, 0.3) is 5.56 Å². The zero-order valence-electron chi connectivity index (χ0n) is 13.0. The molecule has 0 bridgehead atoms. The van der Waals surface area contributed by atoms with Gasteiger partial charge in [-0.05, 0) is 38.1 Å². The number of piperazine rings is 1. The highest BCUT2D eigenvalue weighted by Gasteiger charge is 2.19. The van der Waals surface area contributed by atoms with Crippen LogP contribution in [0.1, 0.15) is 11.3 Å². The minimum absolute atomic E-state index is 0.0523. The highest BCUT2D eigenvalue weighted by atomic mass is 16.1. The van der Waals surface area contributed by atoms with Crippen LogP contribution in [-0.2, 0) is 0 Å². The number of nitrogen functional groups attached to an aromatic ring is 1. The number of nitrogens with zero attached hydrogens (tertiary/aromatic N) is 3. The summed E-state index contributed by atoms with van der Waals surface area (Å²) in [5.74, 6) is 0.671. The minimum Gasteiger partial charge on any atom is -0.399 e. The number of aromatic amines is 1. The second-order valence-electron chi connectivity index (χ2n) is 5.67. The maximum atomic E-state index is 11.9. The first-order valence-corrected chi connectivity index (χ1v) is 7.47. The van der Waals surface area contributed by atoms with Crippen LogP contribution in [0.4, 0.5) is 17.3 Å². The maximum Gasteiger partial charge on any atom is 0.255 e. The lowest BCUT2D eigenvalue weighted by molar-refractivity contribution is 0.637. The predicted octanol–water partition coefficient (Wildman–Crippen LogP) is 1.30. The molecule has 2 heterocycles. The summed E-state index contributed by atoms with van der Waals surface area (Å²) in [5, 5.41) is 0. The van der Waals surface area contributed by atoms with E-state index in [9.17, 15) is 4.79 Å². The molecule has 1 aromatic carbocycles. The summed E-state index contributed by atoms with van der Waals surface area (Å²) in [6.07, 6.45) is 0. The second-order valence-corrected chi connectivity index (χ2v) is 5.67. The number of rotatable bonds is 2. The molecule has 0 aliphatic carbocycles. The largest absolute Gasteiger partial charge is 0.399 e. The van der Waals surface area contributed by atoms with Gasteiger partial charge in [-0.15, -0.1) is 0 Å². The van der Waals surface area contributed by atoms with Crippen molar-refractivity contribution < 1.29 is 0 Å². The monoisotopic (exact) mass is 299 g/mol. The lowest BCUT2D eigenvalue weighted by Crippen LogP contribution is -2.47. The van der Waals surface area contributed by atoms with Crippen LogP contribution in [0.25, 0.3) is 0 Å². The van der Waals surface area contributed by atoms with Crippen molar-refractivity contribution in [3.63, 3.8) is 0 Å². The molecule has 3 N–H and O–H groups in total. The quantitative estimate of drug-likeness (QED) is 0.817. The molecule has 6 heteroatoms. The zero-order valence-corrected chi connectivity index (χ0v) is 13.0. The van der Waals surface area contributed by atoms with E-state index in [0.29, 0.717) is 11.5 Å². The topological polar surface area (TPSA) is 78.2 Å². The third kappa shape index (κ3) is 2.77. The Morgan fingerprint density at radius 1 is 1.05 bits per heavy atom. The highest BCUT2D eigenvalue weighted by molar-refractivity contribution is 5.54. The predicted molar refractivity (Wildman–Crippen MR) is 89.6 cm³/mol.